The second-order valence-electron chi connectivity index (χ2n) is 18.3. The van der Waals surface area contributed by atoms with E-state index in [2.05, 4.69) is 110 Å². The first-order valence-corrected chi connectivity index (χ1v) is 26.8. The Morgan fingerprint density at radius 3 is 0.922 bits per heavy atom. The molecule has 0 spiro atoms. The Balaban J connectivity index is 1.16. The van der Waals surface area contributed by atoms with Crippen LogP contribution in [0.15, 0.2) is 48.5 Å². The summed E-state index contributed by atoms with van der Waals surface area (Å²) >= 11 is 0. The molecule has 64 heavy (non-hydrogen) atoms. The summed E-state index contributed by atoms with van der Waals surface area (Å²) < 4.78 is 12.4. The van der Waals surface area contributed by atoms with Gasteiger partial charge in [0.25, 0.3) is 0 Å². The summed E-state index contributed by atoms with van der Waals surface area (Å²) in [6, 6.07) is 18.0. The van der Waals surface area contributed by atoms with Gasteiger partial charge in [0.05, 0.1) is 13.2 Å². The topological polar surface area (TPSA) is 18.5 Å². The molecule has 2 nitrogen and oxygen atoms in total. The summed E-state index contributed by atoms with van der Waals surface area (Å²) in [5.74, 6) is 25.2. The van der Waals surface area contributed by atoms with E-state index in [0.29, 0.717) is 13.2 Å². The summed E-state index contributed by atoms with van der Waals surface area (Å²) in [7, 11) is 0. The van der Waals surface area contributed by atoms with Crippen molar-refractivity contribution < 1.29 is 9.47 Å². The zero-order valence-electron chi connectivity index (χ0n) is 41.3. The average Bonchev–Trinajstić information content (AvgIpc) is 3.31. The van der Waals surface area contributed by atoms with Crippen molar-refractivity contribution in [2.75, 3.05) is 13.2 Å². The lowest BCUT2D eigenvalue weighted by atomic mass is 9.97. The van der Waals surface area contributed by atoms with Gasteiger partial charge < -0.3 is 9.47 Å². The first kappa shape index (κ1) is 54.7. The minimum absolute atomic E-state index is 0.674. The van der Waals surface area contributed by atoms with Crippen LogP contribution < -0.4 is 0 Å². The molecule has 0 saturated carbocycles. The van der Waals surface area contributed by atoms with Crippen LogP contribution in [-0.2, 0) is 22.7 Å². The lowest BCUT2D eigenvalue weighted by Crippen LogP contribution is -1.98. The molecule has 0 saturated heterocycles. The fourth-order valence-electron chi connectivity index (χ4n) is 8.52. The van der Waals surface area contributed by atoms with Gasteiger partial charge >= 0.3 is 0 Å². The predicted octanol–water partition coefficient (Wildman–Crippen LogP) is 18.3. The highest BCUT2D eigenvalue weighted by molar-refractivity contribution is 6.00. The van der Waals surface area contributed by atoms with Gasteiger partial charge in [-0.05, 0) is 107 Å². The predicted molar refractivity (Wildman–Crippen MR) is 280 cm³/mol. The van der Waals surface area contributed by atoms with Crippen LogP contribution in [0.25, 0.3) is 21.5 Å². The zero-order valence-corrected chi connectivity index (χ0v) is 41.3. The first-order chi connectivity index (χ1) is 31.8. The third kappa shape index (κ3) is 28.3. The van der Waals surface area contributed by atoms with E-state index in [0.717, 1.165) is 51.7 Å². The normalized spacial score (nSPS) is 10.8. The monoisotopic (exact) mass is 867 g/mol. The summed E-state index contributed by atoms with van der Waals surface area (Å²) in [5.41, 5.74) is 2.56. The number of unbranched alkanes of at least 4 members (excludes halogenated alkanes) is 30. The third-order valence-corrected chi connectivity index (χ3v) is 12.5. The first-order valence-electron chi connectivity index (χ1n) is 26.8. The number of benzene rings is 3. The van der Waals surface area contributed by atoms with Crippen molar-refractivity contribution >= 4 is 21.5 Å². The number of fused-ring (bicyclic) bond motifs is 2. The van der Waals surface area contributed by atoms with E-state index in [1.54, 1.807) is 0 Å². The Hall–Kier alpha value is -3.66. The maximum absolute atomic E-state index is 6.21. The molecular weight excluding hydrogens is 777 g/mol. The zero-order chi connectivity index (χ0) is 45.1. The number of rotatable bonds is 38. The van der Waals surface area contributed by atoms with Gasteiger partial charge in [-0.15, -0.1) is 0 Å². The molecule has 0 radical (unpaired) electrons. The van der Waals surface area contributed by atoms with Gasteiger partial charge in [-0.3, -0.25) is 0 Å². The summed E-state index contributed by atoms with van der Waals surface area (Å²) in [4.78, 5) is 0. The molecule has 350 valence electrons. The van der Waals surface area contributed by atoms with E-state index < -0.39 is 0 Å². The number of ether oxygens (including phenoxy) is 2. The van der Waals surface area contributed by atoms with Crippen LogP contribution in [0, 0.1) is 47.4 Å². The van der Waals surface area contributed by atoms with Crippen molar-refractivity contribution in [1.29, 1.82) is 0 Å². The van der Waals surface area contributed by atoms with Crippen LogP contribution in [0.4, 0.5) is 0 Å². The standard InChI is InChI=1S/C62H90O2/c1-3-5-7-9-11-13-15-17-19-21-23-25-27-29-31-33-35-37-39-41-43-51-63-55-59-49-45-47-57-54-62-58(53-61(57)59)48-46-50-60(62)56-64-52-44-42-40-38-36-34-32-30-28-26-24-22-20-18-16-14-12-10-8-6-4-2/h45-50,53-54H,3-16,25-44,51-52,55-56H2,1-2H3. The molecular formula is C62H90O2. The lowest BCUT2D eigenvalue weighted by Gasteiger charge is -2.12. The van der Waals surface area contributed by atoms with Crippen LogP contribution >= 0.6 is 0 Å². The van der Waals surface area contributed by atoms with Gasteiger partial charge in [-0.1, -0.05) is 228 Å². The molecule has 0 N–H and O–H groups in total. The van der Waals surface area contributed by atoms with Gasteiger partial charge in [0.1, 0.15) is 0 Å². The Bertz CT molecular complexity index is 1720. The van der Waals surface area contributed by atoms with E-state index in [-0.39, 0.29) is 0 Å². The molecule has 2 heteroatoms. The summed E-state index contributed by atoms with van der Waals surface area (Å²) in [5, 5.41) is 5.17. The Morgan fingerprint density at radius 1 is 0.328 bits per heavy atom. The van der Waals surface area contributed by atoms with Crippen molar-refractivity contribution in [1.82, 2.24) is 0 Å². The Morgan fingerprint density at radius 2 is 0.609 bits per heavy atom. The minimum atomic E-state index is 0.674. The fraction of sp³-hybridized carbons (Fsp3) is 0.645. The molecule has 0 amide bonds. The van der Waals surface area contributed by atoms with Crippen molar-refractivity contribution in [3.8, 4) is 47.4 Å². The highest BCUT2D eigenvalue weighted by Crippen LogP contribution is 2.29. The fourth-order valence-corrected chi connectivity index (χ4v) is 8.52. The van der Waals surface area contributed by atoms with Crippen LogP contribution in [0.5, 0.6) is 0 Å². The third-order valence-electron chi connectivity index (χ3n) is 12.5. The van der Waals surface area contributed by atoms with E-state index in [1.165, 1.54) is 212 Å². The quantitative estimate of drug-likeness (QED) is 0.0325. The smallest absolute Gasteiger partial charge is 0.0722 e. The largest absolute Gasteiger partial charge is 0.377 e. The van der Waals surface area contributed by atoms with Crippen molar-refractivity contribution in [3.05, 3.63) is 59.7 Å². The molecule has 0 aliphatic heterocycles. The Kier molecular flexibility index (Phi) is 34.9. The van der Waals surface area contributed by atoms with E-state index in [1.807, 2.05) is 0 Å². The van der Waals surface area contributed by atoms with Crippen LogP contribution in [0.1, 0.15) is 243 Å². The Labute approximate surface area is 395 Å². The number of hydrogen-bond donors (Lipinski definition) is 0. The molecule has 3 rings (SSSR count). The highest BCUT2D eigenvalue weighted by atomic mass is 16.5. The van der Waals surface area contributed by atoms with Crippen LogP contribution in [0.2, 0.25) is 0 Å². The van der Waals surface area contributed by atoms with E-state index in [9.17, 15) is 0 Å². The van der Waals surface area contributed by atoms with Crippen molar-refractivity contribution in [2.24, 2.45) is 0 Å². The van der Waals surface area contributed by atoms with Gasteiger partial charge in [-0.25, -0.2) is 0 Å². The highest BCUT2D eigenvalue weighted by Gasteiger charge is 2.08. The second-order valence-corrected chi connectivity index (χ2v) is 18.3. The van der Waals surface area contributed by atoms with Crippen LogP contribution in [0.3, 0.4) is 0 Å². The molecule has 0 bridgehead atoms. The molecule has 0 aliphatic rings. The molecule has 3 aromatic rings. The molecule has 0 unspecified atom stereocenters. The molecule has 0 aliphatic carbocycles. The van der Waals surface area contributed by atoms with Crippen molar-refractivity contribution in [3.63, 3.8) is 0 Å². The van der Waals surface area contributed by atoms with Crippen LogP contribution in [-0.4, -0.2) is 13.2 Å². The summed E-state index contributed by atoms with van der Waals surface area (Å²) in [6.07, 6.45) is 43.1. The average molecular weight is 867 g/mol. The van der Waals surface area contributed by atoms with E-state index >= 15 is 0 Å². The van der Waals surface area contributed by atoms with Gasteiger partial charge in [0.2, 0.25) is 0 Å². The molecule has 0 atom stereocenters. The molecule has 3 aromatic carbocycles. The SMILES string of the molecule is CCCCCCCCC#CC#CCCCCCCCCCCCOCc1cccc2cc3c(COCCCCCCCCCCCC#CC#CCCCCCCCC)cccc3cc12. The molecule has 0 aromatic heterocycles. The van der Waals surface area contributed by atoms with E-state index in [4.69, 9.17) is 9.47 Å². The molecule has 0 heterocycles. The number of hydrogen-bond acceptors (Lipinski definition) is 2. The van der Waals surface area contributed by atoms with Gasteiger partial charge in [-0.2, -0.15) is 0 Å². The van der Waals surface area contributed by atoms with Gasteiger partial charge in [0.15, 0.2) is 0 Å². The maximum Gasteiger partial charge on any atom is 0.0722 e. The summed E-state index contributed by atoms with van der Waals surface area (Å²) in [6.45, 7) is 7.55. The minimum Gasteiger partial charge on any atom is -0.377 e. The maximum atomic E-state index is 6.21. The van der Waals surface area contributed by atoms with Crippen molar-refractivity contribution in [2.45, 2.75) is 245 Å². The second kappa shape index (κ2) is 40.8. The molecule has 0 fully saturated rings. The lowest BCUT2D eigenvalue weighted by molar-refractivity contribution is 0.117. The van der Waals surface area contributed by atoms with Gasteiger partial charge in [0, 0.05) is 38.9 Å².